The third kappa shape index (κ3) is 5.33. The van der Waals surface area contributed by atoms with E-state index in [1.165, 1.54) is 43.3 Å². The summed E-state index contributed by atoms with van der Waals surface area (Å²) in [7, 11) is -0.749. The number of nitrogens with two attached hydrogens (primary N) is 1. The molecule has 8 heteroatoms. The Morgan fingerprint density at radius 1 is 1.17 bits per heavy atom. The standard InChI is InChI=1S/C15H23N3O4S/c1-15(2,10-16)17-14(20)11-5-7-12(8-6-11)23(21,22)9-13(19)18(3)4/h5-8H,9-10,16H2,1-4H3,(H,17,20). The van der Waals surface area contributed by atoms with Gasteiger partial charge in [-0.2, -0.15) is 0 Å². The molecule has 0 radical (unpaired) electrons. The fourth-order valence-corrected chi connectivity index (χ4v) is 2.92. The maximum atomic E-state index is 12.1. The fourth-order valence-electron chi connectivity index (χ4n) is 1.62. The average Bonchev–Trinajstić information content (AvgIpc) is 2.46. The number of hydrogen-bond donors (Lipinski definition) is 2. The Labute approximate surface area is 136 Å². The van der Waals surface area contributed by atoms with Crippen molar-refractivity contribution in [2.45, 2.75) is 24.3 Å². The summed E-state index contributed by atoms with van der Waals surface area (Å²) in [5.41, 5.74) is 5.32. The molecule has 0 saturated heterocycles. The van der Waals surface area contributed by atoms with Crippen molar-refractivity contribution in [3.05, 3.63) is 29.8 Å². The molecule has 1 aromatic rings. The van der Waals surface area contributed by atoms with Crippen molar-refractivity contribution < 1.29 is 18.0 Å². The zero-order valence-electron chi connectivity index (χ0n) is 13.8. The van der Waals surface area contributed by atoms with E-state index in [2.05, 4.69) is 5.32 Å². The number of carbonyl (C=O) groups is 2. The number of nitrogens with zero attached hydrogens (tertiary/aromatic N) is 1. The van der Waals surface area contributed by atoms with Crippen LogP contribution in [-0.4, -0.2) is 57.1 Å². The zero-order valence-corrected chi connectivity index (χ0v) is 14.6. The third-order valence-corrected chi connectivity index (χ3v) is 4.87. The lowest BCUT2D eigenvalue weighted by Crippen LogP contribution is -2.48. The molecule has 0 spiro atoms. The van der Waals surface area contributed by atoms with E-state index in [1.807, 2.05) is 0 Å². The minimum Gasteiger partial charge on any atom is -0.348 e. The number of nitrogens with one attached hydrogen (secondary N) is 1. The van der Waals surface area contributed by atoms with Crippen LogP contribution in [0.1, 0.15) is 24.2 Å². The largest absolute Gasteiger partial charge is 0.348 e. The molecule has 0 aliphatic heterocycles. The van der Waals surface area contributed by atoms with Crippen molar-refractivity contribution in [2.24, 2.45) is 5.73 Å². The topological polar surface area (TPSA) is 110 Å². The zero-order chi connectivity index (χ0) is 17.8. The summed E-state index contributed by atoms with van der Waals surface area (Å²) < 4.78 is 24.3. The number of hydrogen-bond acceptors (Lipinski definition) is 5. The summed E-state index contributed by atoms with van der Waals surface area (Å²) in [5, 5.41) is 2.75. The Bertz CT molecular complexity index is 679. The molecule has 0 fully saturated rings. The highest BCUT2D eigenvalue weighted by Crippen LogP contribution is 2.14. The first kappa shape index (κ1) is 19.1. The first-order valence-electron chi connectivity index (χ1n) is 7.04. The monoisotopic (exact) mass is 341 g/mol. The molecule has 0 atom stereocenters. The van der Waals surface area contributed by atoms with Crippen molar-refractivity contribution >= 4 is 21.7 Å². The first-order chi connectivity index (χ1) is 10.5. The predicted molar refractivity (Wildman–Crippen MR) is 87.8 cm³/mol. The Balaban J connectivity index is 2.92. The lowest BCUT2D eigenvalue weighted by atomic mass is 10.1. The second kappa shape index (κ2) is 7.10. The van der Waals surface area contributed by atoms with Gasteiger partial charge in [0.25, 0.3) is 5.91 Å². The highest BCUT2D eigenvalue weighted by molar-refractivity contribution is 7.92. The van der Waals surface area contributed by atoms with Crippen LogP contribution in [0.5, 0.6) is 0 Å². The van der Waals surface area contributed by atoms with E-state index < -0.39 is 27.0 Å². The first-order valence-corrected chi connectivity index (χ1v) is 8.69. The van der Waals surface area contributed by atoms with E-state index in [9.17, 15) is 18.0 Å². The minimum absolute atomic E-state index is 0.00216. The molecule has 0 aliphatic carbocycles. The van der Waals surface area contributed by atoms with Crippen molar-refractivity contribution in [1.82, 2.24) is 10.2 Å². The van der Waals surface area contributed by atoms with Crippen LogP contribution in [0.25, 0.3) is 0 Å². The molecule has 2 amide bonds. The molecule has 7 nitrogen and oxygen atoms in total. The van der Waals surface area contributed by atoms with Gasteiger partial charge in [-0.25, -0.2) is 8.42 Å². The van der Waals surface area contributed by atoms with Gasteiger partial charge in [-0.15, -0.1) is 0 Å². The fraction of sp³-hybridized carbons (Fsp3) is 0.467. The summed E-state index contributed by atoms with van der Waals surface area (Å²) >= 11 is 0. The molecular weight excluding hydrogens is 318 g/mol. The molecule has 0 bridgehead atoms. The van der Waals surface area contributed by atoms with Crippen LogP contribution in [0.4, 0.5) is 0 Å². The van der Waals surface area contributed by atoms with E-state index in [0.717, 1.165) is 0 Å². The van der Waals surface area contributed by atoms with Crippen LogP contribution >= 0.6 is 0 Å². The van der Waals surface area contributed by atoms with Crippen molar-refractivity contribution in [1.29, 1.82) is 0 Å². The van der Waals surface area contributed by atoms with E-state index in [4.69, 9.17) is 5.73 Å². The van der Waals surface area contributed by atoms with Gasteiger partial charge in [0, 0.05) is 31.7 Å². The highest BCUT2D eigenvalue weighted by Gasteiger charge is 2.22. The highest BCUT2D eigenvalue weighted by atomic mass is 32.2. The molecule has 0 unspecified atom stereocenters. The Morgan fingerprint density at radius 2 is 1.70 bits per heavy atom. The molecule has 0 aromatic heterocycles. The second-order valence-electron chi connectivity index (χ2n) is 6.11. The van der Waals surface area contributed by atoms with Crippen LogP contribution in [0.2, 0.25) is 0 Å². The number of benzene rings is 1. The van der Waals surface area contributed by atoms with Gasteiger partial charge in [0.15, 0.2) is 9.84 Å². The molecule has 128 valence electrons. The van der Waals surface area contributed by atoms with Gasteiger partial charge in [0.05, 0.1) is 4.90 Å². The van der Waals surface area contributed by atoms with Crippen LogP contribution < -0.4 is 11.1 Å². The quantitative estimate of drug-likeness (QED) is 0.758. The summed E-state index contributed by atoms with van der Waals surface area (Å²) in [6.45, 7) is 3.85. The smallest absolute Gasteiger partial charge is 0.251 e. The van der Waals surface area contributed by atoms with Gasteiger partial charge in [0.1, 0.15) is 5.75 Å². The predicted octanol–water partition coefficient (Wildman–Crippen LogP) is 0.0156. The Kier molecular flexibility index (Phi) is 5.90. The summed E-state index contributed by atoms with van der Waals surface area (Å²) in [6.07, 6.45) is 0. The van der Waals surface area contributed by atoms with Crippen LogP contribution in [-0.2, 0) is 14.6 Å². The summed E-state index contributed by atoms with van der Waals surface area (Å²) in [6, 6.07) is 5.47. The molecule has 1 aromatic carbocycles. The molecule has 0 saturated carbocycles. The SMILES string of the molecule is CN(C)C(=O)CS(=O)(=O)c1ccc(C(=O)NC(C)(C)CN)cc1. The van der Waals surface area contributed by atoms with E-state index in [0.29, 0.717) is 5.56 Å². The minimum atomic E-state index is -3.73. The normalized spacial score (nSPS) is 11.9. The molecule has 1 rings (SSSR count). The number of sulfone groups is 1. The average molecular weight is 341 g/mol. The van der Waals surface area contributed by atoms with E-state index >= 15 is 0 Å². The molecule has 0 aliphatic rings. The van der Waals surface area contributed by atoms with Crippen LogP contribution in [0, 0.1) is 0 Å². The van der Waals surface area contributed by atoms with Gasteiger partial charge in [0.2, 0.25) is 5.91 Å². The van der Waals surface area contributed by atoms with Gasteiger partial charge in [-0.3, -0.25) is 9.59 Å². The molecule has 3 N–H and O–H groups in total. The maximum Gasteiger partial charge on any atom is 0.251 e. The van der Waals surface area contributed by atoms with Gasteiger partial charge in [-0.1, -0.05) is 0 Å². The molecule has 23 heavy (non-hydrogen) atoms. The van der Waals surface area contributed by atoms with E-state index in [1.54, 1.807) is 13.8 Å². The van der Waals surface area contributed by atoms with E-state index in [-0.39, 0.29) is 17.3 Å². The lowest BCUT2D eigenvalue weighted by molar-refractivity contribution is -0.125. The van der Waals surface area contributed by atoms with Gasteiger partial charge >= 0.3 is 0 Å². The van der Waals surface area contributed by atoms with Gasteiger partial charge < -0.3 is 16.0 Å². The Hall–Kier alpha value is -1.93. The van der Waals surface area contributed by atoms with Gasteiger partial charge in [-0.05, 0) is 38.1 Å². The second-order valence-corrected chi connectivity index (χ2v) is 8.10. The maximum absolute atomic E-state index is 12.1. The summed E-state index contributed by atoms with van der Waals surface area (Å²) in [4.78, 5) is 24.9. The molecule has 0 heterocycles. The van der Waals surface area contributed by atoms with Crippen molar-refractivity contribution in [2.75, 3.05) is 26.4 Å². The Morgan fingerprint density at radius 3 is 2.13 bits per heavy atom. The van der Waals surface area contributed by atoms with Crippen molar-refractivity contribution in [3.63, 3.8) is 0 Å². The van der Waals surface area contributed by atoms with Crippen LogP contribution in [0.15, 0.2) is 29.2 Å². The lowest BCUT2D eigenvalue weighted by Gasteiger charge is -2.24. The third-order valence-electron chi connectivity index (χ3n) is 3.25. The number of amides is 2. The van der Waals surface area contributed by atoms with Crippen LogP contribution in [0.3, 0.4) is 0 Å². The number of rotatable bonds is 6. The number of carbonyl (C=O) groups excluding carboxylic acids is 2. The molecular formula is C15H23N3O4S. The summed E-state index contributed by atoms with van der Waals surface area (Å²) in [5.74, 6) is -1.45. The van der Waals surface area contributed by atoms with Crippen molar-refractivity contribution in [3.8, 4) is 0 Å².